The highest BCUT2D eigenvalue weighted by atomic mass is 16.4. The van der Waals surface area contributed by atoms with Crippen molar-refractivity contribution in [1.29, 1.82) is 0 Å². The molecule has 2 saturated heterocycles. The van der Waals surface area contributed by atoms with Gasteiger partial charge in [0.05, 0.1) is 12.3 Å². The first-order valence-electron chi connectivity index (χ1n) is 10.1. The molecule has 158 valence electrons. The van der Waals surface area contributed by atoms with Crippen LogP contribution in [0.3, 0.4) is 0 Å². The summed E-state index contributed by atoms with van der Waals surface area (Å²) < 4.78 is 0. The molecule has 0 saturated carbocycles. The maximum atomic E-state index is 12.6. The minimum absolute atomic E-state index is 0.0833. The molecule has 4 N–H and O–H groups in total. The third-order valence-corrected chi connectivity index (χ3v) is 5.44. The Morgan fingerprint density at radius 1 is 1.14 bits per heavy atom. The minimum atomic E-state index is -1.11. The summed E-state index contributed by atoms with van der Waals surface area (Å²) in [5, 5.41) is 17.3. The molecular formula is C19H32N4O5. The molecule has 2 fully saturated rings. The number of piperidine rings is 2. The standard InChI is InChI=1S/C19H32N4O5/c1-13(24)21-16(11-18(26)27)22-19(28)15-3-2-10-23(12-15)17(25)5-4-14-6-8-20-9-7-14/h14-16,20H,2-12H2,1H3,(H,21,24)(H,22,28)(H,26,27)/t15-,16-/m1/s1. The summed E-state index contributed by atoms with van der Waals surface area (Å²) in [5.74, 6) is -1.57. The number of hydrogen-bond donors (Lipinski definition) is 4. The molecule has 0 aliphatic carbocycles. The molecule has 0 bridgehead atoms. The van der Waals surface area contributed by atoms with Gasteiger partial charge in [-0.3, -0.25) is 19.2 Å². The van der Waals surface area contributed by atoms with Crippen molar-refractivity contribution in [3.05, 3.63) is 0 Å². The van der Waals surface area contributed by atoms with E-state index in [1.165, 1.54) is 6.92 Å². The van der Waals surface area contributed by atoms with Crippen LogP contribution in [-0.2, 0) is 19.2 Å². The Hall–Kier alpha value is -2.16. The number of amides is 3. The van der Waals surface area contributed by atoms with Crippen molar-refractivity contribution in [2.75, 3.05) is 26.2 Å². The first-order valence-corrected chi connectivity index (χ1v) is 10.1. The highest BCUT2D eigenvalue weighted by Crippen LogP contribution is 2.21. The van der Waals surface area contributed by atoms with Gasteiger partial charge in [-0.25, -0.2) is 0 Å². The fourth-order valence-corrected chi connectivity index (χ4v) is 3.92. The number of nitrogens with zero attached hydrogens (tertiary/aromatic N) is 1. The number of carbonyl (C=O) groups is 4. The molecule has 28 heavy (non-hydrogen) atoms. The monoisotopic (exact) mass is 396 g/mol. The van der Waals surface area contributed by atoms with E-state index < -0.39 is 24.5 Å². The fraction of sp³-hybridized carbons (Fsp3) is 0.789. The van der Waals surface area contributed by atoms with Crippen LogP contribution in [0.4, 0.5) is 0 Å². The van der Waals surface area contributed by atoms with Gasteiger partial charge in [0.15, 0.2) is 0 Å². The third kappa shape index (κ3) is 7.46. The molecule has 9 heteroatoms. The molecule has 0 unspecified atom stereocenters. The number of carboxylic acid groups (broad SMARTS) is 1. The van der Waals surface area contributed by atoms with Gasteiger partial charge in [0.25, 0.3) is 0 Å². The van der Waals surface area contributed by atoms with Gasteiger partial charge in [-0.05, 0) is 51.1 Å². The lowest BCUT2D eigenvalue weighted by Gasteiger charge is -2.33. The predicted molar refractivity (Wildman–Crippen MR) is 102 cm³/mol. The zero-order valence-electron chi connectivity index (χ0n) is 16.5. The lowest BCUT2D eigenvalue weighted by molar-refractivity contribution is -0.138. The normalized spacial score (nSPS) is 21.6. The van der Waals surface area contributed by atoms with E-state index in [-0.39, 0.29) is 17.7 Å². The van der Waals surface area contributed by atoms with Crippen LogP contribution in [0.1, 0.15) is 51.9 Å². The van der Waals surface area contributed by atoms with E-state index in [2.05, 4.69) is 16.0 Å². The van der Waals surface area contributed by atoms with E-state index in [1.807, 2.05) is 0 Å². The van der Waals surface area contributed by atoms with Gasteiger partial charge < -0.3 is 26.0 Å². The summed E-state index contributed by atoms with van der Waals surface area (Å²) >= 11 is 0. The first-order chi connectivity index (χ1) is 13.3. The second kappa shape index (κ2) is 11.0. The Kier molecular flexibility index (Phi) is 8.69. The zero-order chi connectivity index (χ0) is 20.5. The number of likely N-dealkylation sites (tertiary alicyclic amines) is 1. The Bertz CT molecular complexity index is 561. The molecule has 2 atom stereocenters. The molecule has 0 radical (unpaired) electrons. The van der Waals surface area contributed by atoms with Crippen molar-refractivity contribution in [1.82, 2.24) is 20.9 Å². The number of nitrogens with one attached hydrogen (secondary N) is 3. The number of carboxylic acids is 1. The van der Waals surface area contributed by atoms with Crippen LogP contribution in [0.2, 0.25) is 0 Å². The maximum Gasteiger partial charge on any atom is 0.307 e. The molecule has 2 rings (SSSR count). The summed E-state index contributed by atoms with van der Waals surface area (Å²) in [6, 6.07) is 0. The number of hydrogen-bond acceptors (Lipinski definition) is 5. The second-order valence-corrected chi connectivity index (χ2v) is 7.77. The molecule has 0 aromatic carbocycles. The van der Waals surface area contributed by atoms with Crippen LogP contribution < -0.4 is 16.0 Å². The van der Waals surface area contributed by atoms with Gasteiger partial charge in [-0.2, -0.15) is 0 Å². The van der Waals surface area contributed by atoms with E-state index >= 15 is 0 Å². The summed E-state index contributed by atoms with van der Waals surface area (Å²) in [6.07, 6.45) is 3.64. The number of aliphatic carboxylic acids is 1. The van der Waals surface area contributed by atoms with Crippen molar-refractivity contribution >= 4 is 23.7 Å². The van der Waals surface area contributed by atoms with Gasteiger partial charge in [0, 0.05) is 26.4 Å². The van der Waals surface area contributed by atoms with Gasteiger partial charge in [0.2, 0.25) is 17.7 Å². The quantitative estimate of drug-likeness (QED) is 0.430. The fourth-order valence-electron chi connectivity index (χ4n) is 3.92. The van der Waals surface area contributed by atoms with E-state index in [0.717, 1.165) is 38.8 Å². The van der Waals surface area contributed by atoms with Crippen molar-refractivity contribution in [2.24, 2.45) is 11.8 Å². The molecule has 9 nitrogen and oxygen atoms in total. The van der Waals surface area contributed by atoms with E-state index in [9.17, 15) is 19.2 Å². The smallest absolute Gasteiger partial charge is 0.307 e. The van der Waals surface area contributed by atoms with Crippen LogP contribution in [0.5, 0.6) is 0 Å². The van der Waals surface area contributed by atoms with Crippen molar-refractivity contribution in [2.45, 2.75) is 58.0 Å². The van der Waals surface area contributed by atoms with Gasteiger partial charge in [-0.15, -0.1) is 0 Å². The maximum absolute atomic E-state index is 12.6. The molecule has 0 aromatic heterocycles. The SMILES string of the molecule is CC(=O)N[C@@H](CC(=O)O)NC(=O)[C@@H]1CCCN(C(=O)CCC2CCNCC2)C1. The average molecular weight is 396 g/mol. The van der Waals surface area contributed by atoms with Crippen molar-refractivity contribution in [3.8, 4) is 0 Å². The molecule has 2 aliphatic rings. The molecule has 0 aromatic rings. The second-order valence-electron chi connectivity index (χ2n) is 7.77. The number of carbonyl (C=O) groups excluding carboxylic acids is 3. The summed E-state index contributed by atoms with van der Waals surface area (Å²) in [4.78, 5) is 49.0. The third-order valence-electron chi connectivity index (χ3n) is 5.44. The van der Waals surface area contributed by atoms with Crippen LogP contribution >= 0.6 is 0 Å². The molecule has 2 heterocycles. The summed E-state index contributed by atoms with van der Waals surface area (Å²) in [5.41, 5.74) is 0. The predicted octanol–water partition coefficient (Wildman–Crippen LogP) is 0.0579. The van der Waals surface area contributed by atoms with Gasteiger partial charge in [-0.1, -0.05) is 0 Å². The Morgan fingerprint density at radius 2 is 1.86 bits per heavy atom. The van der Waals surface area contributed by atoms with E-state index in [0.29, 0.717) is 31.8 Å². The Morgan fingerprint density at radius 3 is 2.50 bits per heavy atom. The summed E-state index contributed by atoms with van der Waals surface area (Å²) in [6.45, 7) is 4.29. The lowest BCUT2D eigenvalue weighted by atomic mass is 9.92. The minimum Gasteiger partial charge on any atom is -0.481 e. The van der Waals surface area contributed by atoms with Crippen molar-refractivity contribution in [3.63, 3.8) is 0 Å². The zero-order valence-corrected chi connectivity index (χ0v) is 16.5. The summed E-state index contributed by atoms with van der Waals surface area (Å²) in [7, 11) is 0. The molecule has 0 spiro atoms. The lowest BCUT2D eigenvalue weighted by Crippen LogP contribution is -2.53. The van der Waals surface area contributed by atoms with Gasteiger partial charge in [0.1, 0.15) is 6.17 Å². The number of rotatable bonds is 8. The average Bonchev–Trinajstić information content (AvgIpc) is 2.66. The molecule has 2 aliphatic heterocycles. The van der Waals surface area contributed by atoms with Crippen LogP contribution in [0.15, 0.2) is 0 Å². The Labute approximate surface area is 165 Å². The van der Waals surface area contributed by atoms with Gasteiger partial charge >= 0.3 is 5.97 Å². The topological polar surface area (TPSA) is 128 Å². The van der Waals surface area contributed by atoms with E-state index in [4.69, 9.17) is 5.11 Å². The van der Waals surface area contributed by atoms with Crippen LogP contribution in [-0.4, -0.2) is 66.0 Å². The van der Waals surface area contributed by atoms with Crippen LogP contribution in [0.25, 0.3) is 0 Å². The first kappa shape index (κ1) is 22.1. The molecular weight excluding hydrogens is 364 g/mol. The molecule has 3 amide bonds. The van der Waals surface area contributed by atoms with Crippen LogP contribution in [0, 0.1) is 11.8 Å². The Balaban J connectivity index is 1.82. The highest BCUT2D eigenvalue weighted by molar-refractivity contribution is 5.83. The van der Waals surface area contributed by atoms with Crippen molar-refractivity contribution < 1.29 is 24.3 Å². The highest BCUT2D eigenvalue weighted by Gasteiger charge is 2.30. The largest absolute Gasteiger partial charge is 0.481 e. The van der Waals surface area contributed by atoms with E-state index in [1.54, 1.807) is 4.90 Å².